The Hall–Kier alpha value is -2.67. The molecule has 0 fully saturated rings. The van der Waals surface area contributed by atoms with E-state index in [9.17, 15) is 13.2 Å². The van der Waals surface area contributed by atoms with Gasteiger partial charge in [0.1, 0.15) is 5.84 Å². The number of hydrogen-bond donors (Lipinski definition) is 0. The minimum atomic E-state index is -4.00. The van der Waals surface area contributed by atoms with Crippen molar-refractivity contribution in [1.29, 1.82) is 0 Å². The lowest BCUT2D eigenvalue weighted by atomic mass is 10.1. The van der Waals surface area contributed by atoms with Gasteiger partial charge in [0.05, 0.1) is 10.6 Å². The molecule has 6 nitrogen and oxygen atoms in total. The summed E-state index contributed by atoms with van der Waals surface area (Å²) in [5, 5.41) is 0. The summed E-state index contributed by atoms with van der Waals surface area (Å²) in [4.78, 5) is 19.0. The van der Waals surface area contributed by atoms with Gasteiger partial charge in [-0.15, -0.1) is 0 Å². The second-order valence-corrected chi connectivity index (χ2v) is 7.88. The van der Waals surface area contributed by atoms with Gasteiger partial charge in [0.2, 0.25) is 0 Å². The fourth-order valence-corrected chi connectivity index (χ4v) is 4.54. The van der Waals surface area contributed by atoms with E-state index in [1.54, 1.807) is 30.3 Å². The van der Waals surface area contributed by atoms with Gasteiger partial charge >= 0.3 is 6.03 Å². The summed E-state index contributed by atoms with van der Waals surface area (Å²) in [6.07, 6.45) is 0.718. The first-order valence-electron chi connectivity index (χ1n) is 8.07. The first kappa shape index (κ1) is 15.8. The molecule has 25 heavy (non-hydrogen) atoms. The average Bonchev–Trinajstić information content (AvgIpc) is 2.62. The molecule has 4 rings (SSSR count). The van der Waals surface area contributed by atoms with Crippen LogP contribution < -0.4 is 4.31 Å². The molecule has 0 unspecified atom stereocenters. The minimum absolute atomic E-state index is 0.0960. The van der Waals surface area contributed by atoms with Crippen LogP contribution in [-0.4, -0.2) is 38.3 Å². The van der Waals surface area contributed by atoms with E-state index in [2.05, 4.69) is 4.99 Å². The second kappa shape index (κ2) is 5.70. The lowest BCUT2D eigenvalue weighted by Gasteiger charge is -2.38. The summed E-state index contributed by atoms with van der Waals surface area (Å²) in [6, 6.07) is 12.9. The molecular formula is C18H17N3O3S. The molecule has 0 atom stereocenters. The lowest BCUT2D eigenvalue weighted by molar-refractivity contribution is 0.228. The molecule has 0 bridgehead atoms. The van der Waals surface area contributed by atoms with Crippen LogP contribution in [-0.2, 0) is 10.0 Å². The molecule has 0 N–H and O–H groups in total. The van der Waals surface area contributed by atoms with Crippen LogP contribution >= 0.6 is 0 Å². The summed E-state index contributed by atoms with van der Waals surface area (Å²) in [5.41, 5.74) is 1.97. The van der Waals surface area contributed by atoms with E-state index < -0.39 is 16.1 Å². The number of amides is 2. The number of sulfonamides is 1. The number of aryl methyl sites for hydroxylation is 1. The number of rotatable bonds is 2. The summed E-state index contributed by atoms with van der Waals surface area (Å²) >= 11 is 0. The quantitative estimate of drug-likeness (QED) is 0.832. The molecule has 2 heterocycles. The van der Waals surface area contributed by atoms with Crippen LogP contribution in [0.5, 0.6) is 0 Å². The zero-order valence-corrected chi connectivity index (χ0v) is 14.5. The number of fused-ring (bicyclic) bond motifs is 3. The molecule has 2 aliphatic rings. The topological polar surface area (TPSA) is 70.1 Å². The molecule has 7 heteroatoms. The summed E-state index contributed by atoms with van der Waals surface area (Å²) < 4.78 is 27.3. The van der Waals surface area contributed by atoms with Gasteiger partial charge < -0.3 is 0 Å². The van der Waals surface area contributed by atoms with Crippen molar-refractivity contribution in [3.05, 3.63) is 59.7 Å². The number of nitrogens with zero attached hydrogens (tertiary/aromatic N) is 3. The van der Waals surface area contributed by atoms with Gasteiger partial charge in [-0.05, 0) is 37.6 Å². The van der Waals surface area contributed by atoms with Crippen molar-refractivity contribution in [2.45, 2.75) is 18.2 Å². The largest absolute Gasteiger partial charge is 0.344 e. The smallest absolute Gasteiger partial charge is 0.277 e. The standard InChI is InChI=1S/C18H17N3O3S/c1-13-7-9-14(10-8-13)25(23,24)21-16-6-3-2-5-15(16)17-19-11-4-12-20(17)18(21)22/h2-3,5-10H,4,11-12H2,1H3. The number of carbonyl (C=O) groups excluding carboxylic acids is 1. The molecule has 0 saturated heterocycles. The number of urea groups is 1. The zero-order valence-electron chi connectivity index (χ0n) is 13.7. The zero-order chi connectivity index (χ0) is 17.6. The van der Waals surface area contributed by atoms with Crippen LogP contribution in [0.2, 0.25) is 0 Å². The van der Waals surface area contributed by atoms with Crippen molar-refractivity contribution in [1.82, 2.24) is 4.90 Å². The van der Waals surface area contributed by atoms with Gasteiger partial charge in [-0.3, -0.25) is 9.89 Å². The third-order valence-electron chi connectivity index (χ3n) is 4.38. The highest BCUT2D eigenvalue weighted by Gasteiger charge is 2.42. The van der Waals surface area contributed by atoms with Gasteiger partial charge in [-0.25, -0.2) is 13.2 Å². The number of carbonyl (C=O) groups is 1. The SMILES string of the molecule is Cc1ccc(S(=O)(=O)N2C(=O)N3CCCN=C3c3ccccc32)cc1. The third-order valence-corrected chi connectivity index (χ3v) is 6.09. The number of para-hydroxylation sites is 1. The predicted octanol–water partition coefficient (Wildman–Crippen LogP) is 2.78. The van der Waals surface area contributed by atoms with E-state index in [1.807, 2.05) is 13.0 Å². The number of benzene rings is 2. The molecule has 0 aromatic heterocycles. The van der Waals surface area contributed by atoms with Crippen LogP contribution in [0.25, 0.3) is 0 Å². The Morgan fingerprint density at radius 1 is 1.04 bits per heavy atom. The van der Waals surface area contributed by atoms with Crippen LogP contribution in [0.4, 0.5) is 10.5 Å². The highest BCUT2D eigenvalue weighted by Crippen LogP contribution is 2.34. The molecule has 0 saturated carbocycles. The Morgan fingerprint density at radius 3 is 2.52 bits per heavy atom. The number of aliphatic imine (C=N–C) groups is 1. The van der Waals surface area contributed by atoms with Gasteiger partial charge in [0, 0.05) is 18.7 Å². The molecule has 2 aromatic rings. The van der Waals surface area contributed by atoms with Gasteiger partial charge in [0.15, 0.2) is 0 Å². The van der Waals surface area contributed by atoms with Crippen molar-refractivity contribution < 1.29 is 13.2 Å². The minimum Gasteiger partial charge on any atom is -0.277 e. The molecule has 2 amide bonds. The first-order chi connectivity index (χ1) is 12.0. The molecule has 2 aliphatic heterocycles. The van der Waals surface area contributed by atoms with Crippen LogP contribution in [0.15, 0.2) is 58.4 Å². The van der Waals surface area contributed by atoms with Crippen molar-refractivity contribution in [3.8, 4) is 0 Å². The summed E-state index contributed by atoms with van der Waals surface area (Å²) in [7, 11) is -4.00. The van der Waals surface area contributed by atoms with Crippen LogP contribution in [0.3, 0.4) is 0 Å². The maximum absolute atomic E-state index is 13.2. The van der Waals surface area contributed by atoms with Gasteiger partial charge in [0.25, 0.3) is 10.0 Å². The Morgan fingerprint density at radius 2 is 1.76 bits per heavy atom. The Balaban J connectivity index is 1.92. The van der Waals surface area contributed by atoms with E-state index in [4.69, 9.17) is 0 Å². The highest BCUT2D eigenvalue weighted by molar-refractivity contribution is 7.93. The average molecular weight is 355 g/mol. The fraction of sp³-hybridized carbons (Fsp3) is 0.222. The summed E-state index contributed by atoms with van der Waals surface area (Å²) in [6.45, 7) is 2.98. The van der Waals surface area contributed by atoms with E-state index in [-0.39, 0.29) is 4.90 Å². The molecule has 128 valence electrons. The highest BCUT2D eigenvalue weighted by atomic mass is 32.2. The second-order valence-electron chi connectivity index (χ2n) is 6.09. The molecule has 0 radical (unpaired) electrons. The normalized spacial score (nSPS) is 17.0. The molecule has 2 aromatic carbocycles. The van der Waals surface area contributed by atoms with Crippen molar-refractivity contribution in [2.24, 2.45) is 4.99 Å². The maximum atomic E-state index is 13.2. The van der Waals surface area contributed by atoms with E-state index in [1.165, 1.54) is 17.0 Å². The molecular weight excluding hydrogens is 338 g/mol. The van der Waals surface area contributed by atoms with E-state index in [0.29, 0.717) is 30.2 Å². The molecule has 0 aliphatic carbocycles. The Kier molecular flexibility index (Phi) is 3.61. The van der Waals surface area contributed by atoms with Gasteiger partial charge in [-0.1, -0.05) is 29.8 Å². The van der Waals surface area contributed by atoms with Crippen LogP contribution in [0.1, 0.15) is 17.5 Å². The van der Waals surface area contributed by atoms with E-state index in [0.717, 1.165) is 16.3 Å². The number of hydrogen-bond acceptors (Lipinski definition) is 4. The monoisotopic (exact) mass is 355 g/mol. The Labute approximate surface area is 146 Å². The van der Waals surface area contributed by atoms with E-state index >= 15 is 0 Å². The fourth-order valence-electron chi connectivity index (χ4n) is 3.12. The van der Waals surface area contributed by atoms with Gasteiger partial charge in [-0.2, -0.15) is 4.31 Å². The predicted molar refractivity (Wildman–Crippen MR) is 95.4 cm³/mol. The number of amidine groups is 1. The van der Waals surface area contributed by atoms with Crippen LogP contribution in [0, 0.1) is 6.92 Å². The maximum Gasteiger partial charge on any atom is 0.344 e. The third kappa shape index (κ3) is 2.42. The Bertz CT molecular complexity index is 981. The molecule has 0 spiro atoms. The van der Waals surface area contributed by atoms with Crippen molar-refractivity contribution in [2.75, 3.05) is 17.4 Å². The number of anilines is 1. The van der Waals surface area contributed by atoms with Crippen molar-refractivity contribution in [3.63, 3.8) is 0 Å². The first-order valence-corrected chi connectivity index (χ1v) is 9.51. The lowest BCUT2D eigenvalue weighted by Crippen LogP contribution is -2.54. The summed E-state index contributed by atoms with van der Waals surface area (Å²) in [5.74, 6) is 0.558. The van der Waals surface area contributed by atoms with Crippen molar-refractivity contribution >= 4 is 27.6 Å².